The molecule has 2 aromatic carbocycles. The van der Waals surface area contributed by atoms with Crippen LogP contribution in [0.1, 0.15) is 5.56 Å². The van der Waals surface area contributed by atoms with Gasteiger partial charge in [0, 0.05) is 0 Å². The number of benzene rings is 2. The first-order valence-corrected chi connectivity index (χ1v) is 5.44. The van der Waals surface area contributed by atoms with Gasteiger partial charge in [0.25, 0.3) is 0 Å². The summed E-state index contributed by atoms with van der Waals surface area (Å²) in [5, 5.41) is 5.45. The van der Waals surface area contributed by atoms with E-state index in [9.17, 15) is 4.79 Å². The molecule has 0 saturated carbocycles. The number of hydrogen-bond acceptors (Lipinski definition) is 2. The minimum atomic E-state index is -0.106. The Hall–Kier alpha value is -1.67. The van der Waals surface area contributed by atoms with Gasteiger partial charge >= 0.3 is 0 Å². The van der Waals surface area contributed by atoms with Crippen LogP contribution in [0.3, 0.4) is 0 Å². The molecule has 1 atom stereocenters. The Labute approximate surface area is 95.3 Å². The highest BCUT2D eigenvalue weighted by Gasteiger charge is 2.07. The molecule has 2 heteroatoms. The topological polar surface area (TPSA) is 29.1 Å². The molecule has 2 aromatic rings. The summed E-state index contributed by atoms with van der Waals surface area (Å²) in [6.45, 7) is 0. The Balaban J connectivity index is 2.40. The average molecular weight is 213 g/mol. The van der Waals surface area contributed by atoms with Crippen molar-refractivity contribution in [2.45, 2.75) is 12.5 Å². The van der Waals surface area contributed by atoms with Crippen LogP contribution in [-0.4, -0.2) is 19.4 Å². The van der Waals surface area contributed by atoms with Gasteiger partial charge < -0.3 is 10.1 Å². The van der Waals surface area contributed by atoms with Crippen LogP contribution in [0.5, 0.6) is 0 Å². The van der Waals surface area contributed by atoms with Gasteiger partial charge in [-0.25, -0.2) is 0 Å². The molecule has 0 bridgehead atoms. The SMILES string of the molecule is CN[C@H](C=O)Cc1cccc2ccccc12. The normalized spacial score (nSPS) is 12.6. The van der Waals surface area contributed by atoms with Crippen molar-refractivity contribution >= 4 is 17.1 Å². The van der Waals surface area contributed by atoms with E-state index in [0.717, 1.165) is 12.7 Å². The van der Waals surface area contributed by atoms with Gasteiger partial charge in [0.1, 0.15) is 6.29 Å². The molecular formula is C14H15NO. The van der Waals surface area contributed by atoms with Gasteiger partial charge in [0.2, 0.25) is 0 Å². The van der Waals surface area contributed by atoms with Crippen molar-refractivity contribution in [1.29, 1.82) is 0 Å². The Kier molecular flexibility index (Phi) is 3.32. The summed E-state index contributed by atoms with van der Waals surface area (Å²) in [6, 6.07) is 14.4. The second kappa shape index (κ2) is 4.90. The van der Waals surface area contributed by atoms with Crippen LogP contribution in [0, 0.1) is 0 Å². The molecule has 0 unspecified atom stereocenters. The smallest absolute Gasteiger partial charge is 0.137 e. The van der Waals surface area contributed by atoms with Crippen molar-refractivity contribution in [3.63, 3.8) is 0 Å². The highest BCUT2D eigenvalue weighted by molar-refractivity contribution is 5.86. The fraction of sp³-hybridized carbons (Fsp3) is 0.214. The van der Waals surface area contributed by atoms with Crippen molar-refractivity contribution in [3.8, 4) is 0 Å². The predicted octanol–water partition coefficient (Wildman–Crippen LogP) is 2.17. The maximum Gasteiger partial charge on any atom is 0.137 e. The molecule has 0 amide bonds. The van der Waals surface area contributed by atoms with Crippen molar-refractivity contribution in [1.82, 2.24) is 5.32 Å². The molecule has 0 aliphatic carbocycles. The van der Waals surface area contributed by atoms with E-state index in [4.69, 9.17) is 0 Å². The third-order valence-electron chi connectivity index (χ3n) is 2.85. The molecular weight excluding hydrogens is 198 g/mol. The number of rotatable bonds is 4. The molecule has 0 heterocycles. The molecule has 0 radical (unpaired) electrons. The molecule has 2 nitrogen and oxygen atoms in total. The van der Waals surface area contributed by atoms with Crippen molar-refractivity contribution in [2.24, 2.45) is 0 Å². The second-order valence-electron chi connectivity index (χ2n) is 3.87. The summed E-state index contributed by atoms with van der Waals surface area (Å²) >= 11 is 0. The quantitative estimate of drug-likeness (QED) is 0.789. The summed E-state index contributed by atoms with van der Waals surface area (Å²) in [4.78, 5) is 10.8. The first-order valence-electron chi connectivity index (χ1n) is 5.44. The van der Waals surface area contributed by atoms with Crippen LogP contribution < -0.4 is 5.32 Å². The van der Waals surface area contributed by atoms with Crippen LogP contribution in [0.4, 0.5) is 0 Å². The van der Waals surface area contributed by atoms with Crippen LogP contribution in [0.15, 0.2) is 42.5 Å². The van der Waals surface area contributed by atoms with E-state index in [0.29, 0.717) is 0 Å². The van der Waals surface area contributed by atoms with Gasteiger partial charge in [-0.05, 0) is 29.8 Å². The van der Waals surface area contributed by atoms with E-state index >= 15 is 0 Å². The van der Waals surface area contributed by atoms with E-state index in [1.807, 2.05) is 25.2 Å². The summed E-state index contributed by atoms with van der Waals surface area (Å²) < 4.78 is 0. The van der Waals surface area contributed by atoms with Crippen LogP contribution in [0.2, 0.25) is 0 Å². The standard InChI is InChI=1S/C14H15NO/c1-15-13(10-16)9-12-7-4-6-11-5-2-3-8-14(11)12/h2-8,10,13,15H,9H2,1H3/t13-/m0/s1. The lowest BCUT2D eigenvalue weighted by Gasteiger charge is -2.11. The fourth-order valence-corrected chi connectivity index (χ4v) is 1.93. The molecule has 0 fully saturated rings. The highest BCUT2D eigenvalue weighted by atomic mass is 16.1. The van der Waals surface area contributed by atoms with Crippen LogP contribution in [-0.2, 0) is 11.2 Å². The molecule has 82 valence electrons. The van der Waals surface area contributed by atoms with Gasteiger partial charge in [0.15, 0.2) is 0 Å². The number of aldehydes is 1. The van der Waals surface area contributed by atoms with Crippen molar-refractivity contribution in [3.05, 3.63) is 48.0 Å². The molecule has 1 N–H and O–H groups in total. The van der Waals surface area contributed by atoms with Gasteiger partial charge in [0.05, 0.1) is 6.04 Å². The molecule has 0 saturated heterocycles. The minimum absolute atomic E-state index is 0.106. The first kappa shape index (κ1) is 10.8. The number of carbonyl (C=O) groups is 1. The van der Waals surface area contributed by atoms with Gasteiger partial charge in [-0.15, -0.1) is 0 Å². The Bertz CT molecular complexity index is 488. The lowest BCUT2D eigenvalue weighted by atomic mass is 9.99. The zero-order chi connectivity index (χ0) is 11.4. The average Bonchev–Trinajstić information content (AvgIpc) is 2.36. The molecule has 16 heavy (non-hydrogen) atoms. The van der Waals surface area contributed by atoms with E-state index in [1.165, 1.54) is 16.3 Å². The highest BCUT2D eigenvalue weighted by Crippen LogP contribution is 2.19. The third kappa shape index (κ3) is 2.12. The Morgan fingerprint density at radius 2 is 1.94 bits per heavy atom. The molecule has 0 aromatic heterocycles. The number of carbonyl (C=O) groups excluding carboxylic acids is 1. The maximum atomic E-state index is 10.8. The predicted molar refractivity (Wildman–Crippen MR) is 66.6 cm³/mol. The first-order chi connectivity index (χ1) is 7.85. The van der Waals surface area contributed by atoms with Gasteiger partial charge in [-0.2, -0.15) is 0 Å². The number of fused-ring (bicyclic) bond motifs is 1. The summed E-state index contributed by atoms with van der Waals surface area (Å²) in [7, 11) is 1.81. The van der Waals surface area contributed by atoms with Crippen molar-refractivity contribution < 1.29 is 4.79 Å². The fourth-order valence-electron chi connectivity index (χ4n) is 1.93. The number of nitrogens with one attached hydrogen (secondary N) is 1. The van der Waals surface area contributed by atoms with Gasteiger partial charge in [-0.1, -0.05) is 42.5 Å². The maximum absolute atomic E-state index is 10.8. The van der Waals surface area contributed by atoms with E-state index < -0.39 is 0 Å². The molecule has 0 aliphatic rings. The lowest BCUT2D eigenvalue weighted by molar-refractivity contribution is -0.109. The lowest BCUT2D eigenvalue weighted by Crippen LogP contribution is -2.28. The molecule has 0 spiro atoms. The Morgan fingerprint density at radius 1 is 1.19 bits per heavy atom. The monoisotopic (exact) mass is 213 g/mol. The minimum Gasteiger partial charge on any atom is -0.311 e. The number of hydrogen-bond donors (Lipinski definition) is 1. The Morgan fingerprint density at radius 3 is 2.69 bits per heavy atom. The molecule has 2 rings (SSSR count). The summed E-state index contributed by atoms with van der Waals surface area (Å²) in [5.41, 5.74) is 1.21. The second-order valence-corrected chi connectivity index (χ2v) is 3.87. The number of likely N-dealkylation sites (N-methyl/N-ethyl adjacent to an activating group) is 1. The van der Waals surface area contributed by atoms with E-state index in [1.54, 1.807) is 0 Å². The summed E-state index contributed by atoms with van der Waals surface area (Å²) in [6.07, 6.45) is 1.70. The van der Waals surface area contributed by atoms with E-state index in [-0.39, 0.29) is 6.04 Å². The summed E-state index contributed by atoms with van der Waals surface area (Å²) in [5.74, 6) is 0. The van der Waals surface area contributed by atoms with Gasteiger partial charge in [-0.3, -0.25) is 0 Å². The van der Waals surface area contributed by atoms with Crippen molar-refractivity contribution in [2.75, 3.05) is 7.05 Å². The zero-order valence-corrected chi connectivity index (χ0v) is 9.31. The van der Waals surface area contributed by atoms with Crippen LogP contribution >= 0.6 is 0 Å². The zero-order valence-electron chi connectivity index (χ0n) is 9.31. The van der Waals surface area contributed by atoms with E-state index in [2.05, 4.69) is 29.6 Å². The third-order valence-corrected chi connectivity index (χ3v) is 2.85. The van der Waals surface area contributed by atoms with Crippen LogP contribution in [0.25, 0.3) is 10.8 Å². The largest absolute Gasteiger partial charge is 0.311 e. The molecule has 0 aliphatic heterocycles.